The molecule has 0 radical (unpaired) electrons. The highest BCUT2D eigenvalue weighted by molar-refractivity contribution is 7.68. The molecule has 6 rings (SSSR count). The fourth-order valence-electron chi connectivity index (χ4n) is 5.97. The van der Waals surface area contributed by atoms with Crippen LogP contribution in [0.25, 0.3) is 22.3 Å². The third-order valence-electron chi connectivity index (χ3n) is 7.96. The molecule has 0 bridgehead atoms. The molecule has 2 aliphatic rings. The molecule has 4 aromatic rings. The summed E-state index contributed by atoms with van der Waals surface area (Å²) in [4.78, 5) is 0. The molecule has 0 amide bonds. The Morgan fingerprint density at radius 2 is 0.878 bits per heavy atom. The minimum Gasteiger partial charge on any atom is -0.455 e. The Labute approximate surface area is 245 Å². The number of benzene rings is 4. The number of hydrogen-bond acceptors (Lipinski definition) is 5. The van der Waals surface area contributed by atoms with Crippen molar-refractivity contribution in [2.45, 2.75) is 38.3 Å². The zero-order chi connectivity index (χ0) is 28.9. The summed E-state index contributed by atoms with van der Waals surface area (Å²) < 4.78 is 48.1. The summed E-state index contributed by atoms with van der Waals surface area (Å²) in [7, 11) is -10.7. The molecule has 2 aliphatic heterocycles. The van der Waals surface area contributed by atoms with E-state index in [2.05, 4.69) is 26.2 Å². The van der Waals surface area contributed by atoms with Crippen LogP contribution in [-0.2, 0) is 13.2 Å². The molecule has 5 nitrogen and oxygen atoms in total. The van der Waals surface area contributed by atoms with E-state index in [1.54, 1.807) is 0 Å². The lowest BCUT2D eigenvalue weighted by molar-refractivity contribution is 0.487. The highest BCUT2D eigenvalue weighted by Crippen LogP contribution is 2.57. The molecule has 0 saturated carbocycles. The minimum absolute atomic E-state index is 0.438. The molecule has 0 aromatic heterocycles. The van der Waals surface area contributed by atoms with E-state index in [4.69, 9.17) is 13.2 Å². The molecule has 9 heteroatoms. The summed E-state index contributed by atoms with van der Waals surface area (Å²) in [6.45, 7) is 8.79. The smallest absolute Gasteiger partial charge is 0.277 e. The fraction of sp³-hybridized carbons (Fsp3) is 0.250. The Morgan fingerprint density at radius 3 is 1.29 bits per heavy atom. The molecule has 0 aliphatic carbocycles. The van der Waals surface area contributed by atoms with Crippen LogP contribution in [0.3, 0.4) is 0 Å². The quantitative estimate of drug-likeness (QED) is 0.146. The summed E-state index contributed by atoms with van der Waals surface area (Å²) in [6, 6.07) is 32.9. The Kier molecular flexibility index (Phi) is 7.32. The molecule has 212 valence electrons. The minimum atomic E-state index is -3.11. The molecule has 2 unspecified atom stereocenters. The van der Waals surface area contributed by atoms with Crippen molar-refractivity contribution < 1.29 is 22.3 Å². The van der Waals surface area contributed by atoms with Gasteiger partial charge in [-0.1, -0.05) is 72.8 Å². The standard InChI is InChI=1S/C32H36O5P2Si2/c1-40(2,23-21-38(33)31-19-11-7-15-27(31)25-13-5-9-17-29(25)35-38)37-41(3,4)24-22-39(34)32-20-12-8-16-28(32)26-14-6-10-18-30(26)36-39/h5-20H,21-24H2,1-4H3. The predicted octanol–water partition coefficient (Wildman–Crippen LogP) is 8.74. The van der Waals surface area contributed by atoms with Gasteiger partial charge in [-0.15, -0.1) is 0 Å². The van der Waals surface area contributed by atoms with Crippen LogP contribution in [0, 0.1) is 0 Å². The zero-order valence-electron chi connectivity index (χ0n) is 24.0. The van der Waals surface area contributed by atoms with Crippen LogP contribution in [0.5, 0.6) is 11.5 Å². The Bertz CT molecular complexity index is 1590. The van der Waals surface area contributed by atoms with Crippen molar-refractivity contribution in [2.24, 2.45) is 0 Å². The van der Waals surface area contributed by atoms with Gasteiger partial charge in [-0.2, -0.15) is 0 Å². The largest absolute Gasteiger partial charge is 0.455 e. The molecule has 0 N–H and O–H groups in total. The van der Waals surface area contributed by atoms with Gasteiger partial charge in [0.15, 0.2) is 16.6 Å². The molecule has 0 saturated heterocycles. The molecule has 2 atom stereocenters. The second-order valence-corrected chi connectivity index (χ2v) is 25.9. The molecular weight excluding hydrogens is 582 g/mol. The van der Waals surface area contributed by atoms with Crippen LogP contribution >= 0.6 is 14.7 Å². The lowest BCUT2D eigenvalue weighted by atomic mass is 10.0. The van der Waals surface area contributed by atoms with Crippen LogP contribution < -0.4 is 19.7 Å². The van der Waals surface area contributed by atoms with Gasteiger partial charge in [0.25, 0.3) is 14.7 Å². The van der Waals surface area contributed by atoms with E-state index in [9.17, 15) is 9.13 Å². The van der Waals surface area contributed by atoms with Gasteiger partial charge in [0, 0.05) is 23.5 Å². The predicted molar refractivity (Wildman–Crippen MR) is 175 cm³/mol. The van der Waals surface area contributed by atoms with Crippen LogP contribution in [0.2, 0.25) is 38.3 Å². The molecule has 4 aromatic carbocycles. The van der Waals surface area contributed by atoms with Gasteiger partial charge in [-0.3, -0.25) is 9.13 Å². The number of fused-ring (bicyclic) bond motifs is 6. The lowest BCUT2D eigenvalue weighted by Gasteiger charge is -2.37. The van der Waals surface area contributed by atoms with Gasteiger partial charge in [-0.25, -0.2) is 0 Å². The topological polar surface area (TPSA) is 61.8 Å². The summed E-state index contributed by atoms with van der Waals surface area (Å²) >= 11 is 0. The number of para-hydroxylation sites is 2. The van der Waals surface area contributed by atoms with Gasteiger partial charge in [0.2, 0.25) is 0 Å². The molecular formula is C32H36O5P2Si2. The van der Waals surface area contributed by atoms with E-state index in [0.717, 1.165) is 32.9 Å². The summed E-state index contributed by atoms with van der Waals surface area (Å²) in [5.74, 6) is 1.37. The third kappa shape index (κ3) is 5.59. The van der Waals surface area contributed by atoms with Gasteiger partial charge < -0.3 is 13.2 Å². The number of hydrogen-bond donors (Lipinski definition) is 0. The maximum atomic E-state index is 14.3. The van der Waals surface area contributed by atoms with Crippen molar-refractivity contribution >= 4 is 42.0 Å². The highest BCUT2D eigenvalue weighted by atomic mass is 31.2. The van der Waals surface area contributed by atoms with Gasteiger partial charge in [0.05, 0.1) is 10.6 Å². The third-order valence-corrected chi connectivity index (χ3v) is 21.0. The van der Waals surface area contributed by atoms with Crippen LogP contribution in [0.4, 0.5) is 0 Å². The monoisotopic (exact) mass is 618 g/mol. The maximum absolute atomic E-state index is 14.3. The lowest BCUT2D eigenvalue weighted by Crippen LogP contribution is -2.45. The first-order valence-electron chi connectivity index (χ1n) is 14.1. The normalized spacial score (nSPS) is 21.0. The van der Waals surface area contributed by atoms with Crippen molar-refractivity contribution in [3.63, 3.8) is 0 Å². The van der Waals surface area contributed by atoms with Crippen molar-refractivity contribution in [3.8, 4) is 33.8 Å². The molecule has 41 heavy (non-hydrogen) atoms. The molecule has 2 heterocycles. The van der Waals surface area contributed by atoms with Crippen molar-refractivity contribution in [2.75, 3.05) is 12.3 Å². The first kappa shape index (κ1) is 28.5. The Morgan fingerprint density at radius 1 is 0.537 bits per heavy atom. The Hall–Kier alpha value is -2.67. The second-order valence-electron chi connectivity index (χ2n) is 12.1. The van der Waals surface area contributed by atoms with E-state index in [-0.39, 0.29) is 0 Å². The van der Waals surface area contributed by atoms with Gasteiger partial charge >= 0.3 is 0 Å². The average molecular weight is 619 g/mol. The highest BCUT2D eigenvalue weighted by Gasteiger charge is 2.42. The SMILES string of the molecule is C[Si](C)(CCP1(=O)Oc2ccccc2-c2ccccc21)O[Si](C)(C)CCP1(=O)Oc2ccccc2-c2ccccc21. The van der Waals surface area contributed by atoms with Crippen molar-refractivity contribution in [3.05, 3.63) is 97.1 Å². The average Bonchev–Trinajstić information content (AvgIpc) is 2.95. The van der Waals surface area contributed by atoms with Gasteiger partial charge in [-0.05, 0) is 73.7 Å². The molecule has 0 fully saturated rings. The van der Waals surface area contributed by atoms with E-state index in [0.29, 0.717) is 35.9 Å². The zero-order valence-corrected chi connectivity index (χ0v) is 27.8. The Balaban J connectivity index is 1.16. The summed E-state index contributed by atoms with van der Waals surface area (Å²) in [5.41, 5.74) is 3.96. The fourth-order valence-corrected chi connectivity index (χ4v) is 23.0. The van der Waals surface area contributed by atoms with Gasteiger partial charge in [0.1, 0.15) is 11.5 Å². The van der Waals surface area contributed by atoms with E-state index in [1.807, 2.05) is 97.1 Å². The number of rotatable bonds is 8. The first-order valence-corrected chi connectivity index (χ1v) is 24.0. The van der Waals surface area contributed by atoms with E-state index >= 15 is 0 Å². The summed E-state index contributed by atoms with van der Waals surface area (Å²) in [5, 5.41) is 1.60. The first-order chi connectivity index (χ1) is 19.5. The van der Waals surface area contributed by atoms with Crippen molar-refractivity contribution in [1.29, 1.82) is 0 Å². The maximum Gasteiger partial charge on any atom is 0.277 e. The summed E-state index contributed by atoms with van der Waals surface area (Å²) in [6.07, 6.45) is 0.877. The van der Waals surface area contributed by atoms with Crippen LogP contribution in [0.15, 0.2) is 97.1 Å². The van der Waals surface area contributed by atoms with E-state index < -0.39 is 31.4 Å². The second kappa shape index (κ2) is 10.6. The van der Waals surface area contributed by atoms with Crippen molar-refractivity contribution in [1.82, 2.24) is 0 Å². The van der Waals surface area contributed by atoms with Crippen LogP contribution in [-0.4, -0.2) is 29.0 Å². The van der Waals surface area contributed by atoms with Crippen LogP contribution in [0.1, 0.15) is 0 Å². The van der Waals surface area contributed by atoms with E-state index in [1.165, 1.54) is 0 Å². The molecule has 0 spiro atoms.